The summed E-state index contributed by atoms with van der Waals surface area (Å²) in [5, 5.41) is 10.2. The summed E-state index contributed by atoms with van der Waals surface area (Å²) in [4.78, 5) is 23.3. The molecule has 0 aliphatic carbocycles. The van der Waals surface area contributed by atoms with E-state index in [2.05, 4.69) is 20.6 Å². The first kappa shape index (κ1) is 19.6. The second kappa shape index (κ2) is 8.32. The summed E-state index contributed by atoms with van der Waals surface area (Å²) in [6, 6.07) is 9.63. The Labute approximate surface area is 179 Å². The minimum absolute atomic E-state index is 0.332. The molecule has 0 aliphatic heterocycles. The molecular weight excluding hydrogens is 433 g/mol. The maximum absolute atomic E-state index is 14.2. The zero-order valence-electron chi connectivity index (χ0n) is 15.1. The standard InChI is InChI=1S/C19H15ClFN5OS2/c1-26(15-4-2-12(20)8-13(15)21)16-5-3-14-17(24-16)29-19(23-14)25-18(27)22-9-11-6-7-28-10-11/h2-8,10H,9H2,1H3,(H2,22,23,25,27). The van der Waals surface area contributed by atoms with Crippen molar-refractivity contribution in [3.63, 3.8) is 0 Å². The highest BCUT2D eigenvalue weighted by Gasteiger charge is 2.14. The number of hydrogen-bond donors (Lipinski definition) is 2. The zero-order chi connectivity index (χ0) is 20.4. The number of rotatable bonds is 5. The Balaban J connectivity index is 1.49. The number of aromatic nitrogens is 2. The first-order valence-corrected chi connectivity index (χ1v) is 10.7. The van der Waals surface area contributed by atoms with Crippen molar-refractivity contribution >= 4 is 67.3 Å². The minimum atomic E-state index is -0.434. The highest BCUT2D eigenvalue weighted by molar-refractivity contribution is 7.22. The van der Waals surface area contributed by atoms with Crippen LogP contribution in [-0.4, -0.2) is 23.0 Å². The number of carbonyl (C=O) groups is 1. The van der Waals surface area contributed by atoms with Crippen molar-refractivity contribution in [1.82, 2.24) is 15.3 Å². The third-order valence-corrected chi connectivity index (χ3v) is 5.96. The number of carbonyl (C=O) groups excluding carboxylic acids is 1. The Bertz CT molecular complexity index is 1160. The van der Waals surface area contributed by atoms with Crippen LogP contribution in [0.5, 0.6) is 0 Å². The van der Waals surface area contributed by atoms with E-state index in [1.807, 2.05) is 16.8 Å². The van der Waals surface area contributed by atoms with Crippen molar-refractivity contribution in [2.24, 2.45) is 0 Å². The summed E-state index contributed by atoms with van der Waals surface area (Å²) in [7, 11) is 1.72. The number of thiophene rings is 1. The Morgan fingerprint density at radius 1 is 1.24 bits per heavy atom. The lowest BCUT2D eigenvalue weighted by Crippen LogP contribution is -2.27. The summed E-state index contributed by atoms with van der Waals surface area (Å²) >= 11 is 8.65. The molecule has 4 aromatic rings. The van der Waals surface area contributed by atoms with Gasteiger partial charge in [0.15, 0.2) is 5.13 Å². The van der Waals surface area contributed by atoms with Gasteiger partial charge < -0.3 is 10.2 Å². The fourth-order valence-corrected chi connectivity index (χ4v) is 4.30. The van der Waals surface area contributed by atoms with Gasteiger partial charge in [-0.25, -0.2) is 19.2 Å². The van der Waals surface area contributed by atoms with Crippen molar-refractivity contribution < 1.29 is 9.18 Å². The van der Waals surface area contributed by atoms with Crippen LogP contribution in [0.15, 0.2) is 47.2 Å². The number of benzene rings is 1. The van der Waals surface area contributed by atoms with Gasteiger partial charge in [-0.05, 0) is 52.7 Å². The summed E-state index contributed by atoms with van der Waals surface area (Å²) in [5.74, 6) is 0.117. The first-order valence-electron chi connectivity index (χ1n) is 8.52. The summed E-state index contributed by atoms with van der Waals surface area (Å²) < 4.78 is 14.2. The molecule has 3 heterocycles. The second-order valence-corrected chi connectivity index (χ2v) is 8.30. The van der Waals surface area contributed by atoms with Crippen molar-refractivity contribution in [2.75, 3.05) is 17.3 Å². The molecular formula is C19H15ClFN5OS2. The average molecular weight is 448 g/mol. The van der Waals surface area contributed by atoms with Crippen LogP contribution in [0, 0.1) is 5.82 Å². The maximum Gasteiger partial charge on any atom is 0.321 e. The van der Waals surface area contributed by atoms with Crippen molar-refractivity contribution in [2.45, 2.75) is 6.54 Å². The van der Waals surface area contributed by atoms with Gasteiger partial charge in [0.05, 0.1) is 5.69 Å². The van der Waals surface area contributed by atoms with Gasteiger partial charge in [0.25, 0.3) is 0 Å². The lowest BCUT2D eigenvalue weighted by Gasteiger charge is -2.18. The predicted octanol–water partition coefficient (Wildman–Crippen LogP) is 5.63. The van der Waals surface area contributed by atoms with Crippen LogP contribution in [0.4, 0.5) is 25.8 Å². The second-order valence-electron chi connectivity index (χ2n) is 6.11. The number of halogens is 2. The number of fused-ring (bicyclic) bond motifs is 1. The Kier molecular flexibility index (Phi) is 5.61. The molecule has 0 saturated carbocycles. The molecule has 10 heteroatoms. The highest BCUT2D eigenvalue weighted by atomic mass is 35.5. The van der Waals surface area contributed by atoms with Gasteiger partial charge in [0, 0.05) is 18.6 Å². The number of nitrogens with zero attached hydrogens (tertiary/aromatic N) is 3. The van der Waals surface area contributed by atoms with E-state index in [9.17, 15) is 9.18 Å². The molecule has 0 unspecified atom stereocenters. The summed E-state index contributed by atoms with van der Waals surface area (Å²) in [6.07, 6.45) is 0. The monoisotopic (exact) mass is 447 g/mol. The highest BCUT2D eigenvalue weighted by Crippen LogP contribution is 2.30. The molecule has 1 aromatic carbocycles. The molecule has 148 valence electrons. The van der Waals surface area contributed by atoms with E-state index in [0.717, 1.165) is 5.56 Å². The Morgan fingerprint density at radius 2 is 2.10 bits per heavy atom. The summed E-state index contributed by atoms with van der Waals surface area (Å²) in [5.41, 5.74) is 2.05. The first-order chi connectivity index (χ1) is 14.0. The van der Waals surface area contributed by atoms with E-state index in [0.29, 0.717) is 38.6 Å². The molecule has 29 heavy (non-hydrogen) atoms. The van der Waals surface area contributed by atoms with Gasteiger partial charge in [-0.2, -0.15) is 11.3 Å². The van der Waals surface area contributed by atoms with Crippen LogP contribution >= 0.6 is 34.3 Å². The molecule has 0 radical (unpaired) electrons. The molecule has 0 spiro atoms. The number of pyridine rings is 1. The lowest BCUT2D eigenvalue weighted by molar-refractivity contribution is 0.252. The average Bonchev–Trinajstić information content (AvgIpc) is 3.34. The van der Waals surface area contributed by atoms with Crippen LogP contribution in [0.25, 0.3) is 10.3 Å². The van der Waals surface area contributed by atoms with E-state index >= 15 is 0 Å². The molecule has 6 nitrogen and oxygen atoms in total. The predicted molar refractivity (Wildman–Crippen MR) is 117 cm³/mol. The van der Waals surface area contributed by atoms with Crippen LogP contribution in [0.3, 0.4) is 0 Å². The molecule has 4 rings (SSSR count). The number of anilines is 3. The van der Waals surface area contributed by atoms with Crippen molar-refractivity contribution in [3.8, 4) is 0 Å². The van der Waals surface area contributed by atoms with Crippen LogP contribution in [-0.2, 0) is 6.54 Å². The lowest BCUT2D eigenvalue weighted by atomic mass is 10.2. The van der Waals surface area contributed by atoms with Crippen molar-refractivity contribution in [1.29, 1.82) is 0 Å². The van der Waals surface area contributed by atoms with E-state index in [1.165, 1.54) is 17.4 Å². The fourth-order valence-electron chi connectivity index (χ4n) is 2.64. The molecule has 0 bridgehead atoms. The summed E-state index contributed by atoms with van der Waals surface area (Å²) in [6.45, 7) is 0.445. The van der Waals surface area contributed by atoms with Gasteiger partial charge in [0.2, 0.25) is 0 Å². The number of amides is 2. The van der Waals surface area contributed by atoms with E-state index < -0.39 is 5.82 Å². The van der Waals surface area contributed by atoms with Gasteiger partial charge >= 0.3 is 6.03 Å². The SMILES string of the molecule is CN(c1ccc2nc(NC(=O)NCc3ccsc3)sc2n1)c1ccc(Cl)cc1F. The molecule has 3 aromatic heterocycles. The van der Waals surface area contributed by atoms with Gasteiger partial charge in [-0.3, -0.25) is 5.32 Å². The van der Waals surface area contributed by atoms with Crippen molar-refractivity contribution in [3.05, 3.63) is 63.6 Å². The number of thiazole rings is 1. The normalized spacial score (nSPS) is 10.9. The van der Waals surface area contributed by atoms with E-state index in [1.54, 1.807) is 47.5 Å². The van der Waals surface area contributed by atoms with E-state index in [-0.39, 0.29) is 6.03 Å². The topological polar surface area (TPSA) is 70.2 Å². The quantitative estimate of drug-likeness (QED) is 0.415. The molecule has 2 amide bonds. The Hall–Kier alpha value is -2.75. The third-order valence-electron chi connectivity index (χ3n) is 4.11. The van der Waals surface area contributed by atoms with Gasteiger partial charge in [-0.15, -0.1) is 0 Å². The molecule has 0 fully saturated rings. The maximum atomic E-state index is 14.2. The van der Waals surface area contributed by atoms with Gasteiger partial charge in [0.1, 0.15) is 22.0 Å². The largest absolute Gasteiger partial charge is 0.334 e. The molecule has 2 N–H and O–H groups in total. The van der Waals surface area contributed by atoms with Crippen LogP contribution < -0.4 is 15.5 Å². The van der Waals surface area contributed by atoms with E-state index in [4.69, 9.17) is 11.6 Å². The number of urea groups is 1. The molecule has 0 aliphatic rings. The number of nitrogens with one attached hydrogen (secondary N) is 2. The van der Waals surface area contributed by atoms with Crippen LogP contribution in [0.1, 0.15) is 5.56 Å². The minimum Gasteiger partial charge on any atom is -0.334 e. The molecule has 0 atom stereocenters. The smallest absolute Gasteiger partial charge is 0.321 e. The third kappa shape index (κ3) is 4.47. The number of hydrogen-bond acceptors (Lipinski definition) is 6. The zero-order valence-corrected chi connectivity index (χ0v) is 17.5. The van der Waals surface area contributed by atoms with Gasteiger partial charge in [-0.1, -0.05) is 22.9 Å². The van der Waals surface area contributed by atoms with Crippen LogP contribution in [0.2, 0.25) is 5.02 Å². The fraction of sp³-hybridized carbons (Fsp3) is 0.105. The Morgan fingerprint density at radius 3 is 2.86 bits per heavy atom. The molecule has 0 saturated heterocycles.